The summed E-state index contributed by atoms with van der Waals surface area (Å²) in [4.78, 5) is 12.2. The molecule has 2 aromatic carbocycles. The molecule has 0 aliphatic carbocycles. The first-order chi connectivity index (χ1) is 12.2. The normalized spacial score (nSPS) is 11.8. The van der Waals surface area contributed by atoms with E-state index in [1.54, 1.807) is 0 Å². The Labute approximate surface area is 151 Å². The van der Waals surface area contributed by atoms with Crippen LogP contribution in [0.3, 0.4) is 0 Å². The Bertz CT molecular complexity index is 622. The highest BCUT2D eigenvalue weighted by Gasteiger charge is 2.08. The third-order valence-electron chi connectivity index (χ3n) is 4.17. The fraction of sp³-hybridized carbons (Fsp3) is 0.409. The van der Waals surface area contributed by atoms with Gasteiger partial charge in [-0.25, -0.2) is 0 Å². The zero-order valence-corrected chi connectivity index (χ0v) is 15.3. The molecule has 1 unspecified atom stereocenters. The number of hydrogen-bond acceptors (Lipinski definition) is 2. The molecule has 0 fully saturated rings. The van der Waals surface area contributed by atoms with Gasteiger partial charge >= 0.3 is 0 Å². The minimum atomic E-state index is 0.0696. The molecular weight excluding hydrogens is 310 g/mol. The lowest BCUT2D eigenvalue weighted by molar-refractivity contribution is -0.121. The Morgan fingerprint density at radius 3 is 2.44 bits per heavy atom. The van der Waals surface area contributed by atoms with Gasteiger partial charge in [-0.15, -0.1) is 0 Å². The number of amides is 1. The molecule has 0 saturated carbocycles. The molecule has 0 bridgehead atoms. The summed E-state index contributed by atoms with van der Waals surface area (Å²) in [5.41, 5.74) is 2.32. The van der Waals surface area contributed by atoms with Gasteiger partial charge in [-0.1, -0.05) is 55.8 Å². The van der Waals surface area contributed by atoms with Crippen LogP contribution in [0.4, 0.5) is 0 Å². The number of rotatable bonds is 10. The van der Waals surface area contributed by atoms with Crippen molar-refractivity contribution in [3.63, 3.8) is 0 Å². The highest BCUT2D eigenvalue weighted by molar-refractivity contribution is 5.78. The number of aryl methyl sites for hydroxylation is 1. The zero-order valence-electron chi connectivity index (χ0n) is 15.3. The molecule has 0 aromatic heterocycles. The first-order valence-electron chi connectivity index (χ1n) is 9.22. The second-order valence-electron chi connectivity index (χ2n) is 6.52. The molecule has 0 aliphatic heterocycles. The molecule has 0 radical (unpaired) electrons. The average molecular weight is 339 g/mol. The summed E-state index contributed by atoms with van der Waals surface area (Å²) in [6.45, 7) is 4.95. The number of hydrogen-bond donors (Lipinski definition) is 1. The minimum Gasteiger partial charge on any atom is -0.494 e. The van der Waals surface area contributed by atoms with Crippen LogP contribution >= 0.6 is 0 Å². The summed E-state index contributed by atoms with van der Waals surface area (Å²) in [7, 11) is 0. The molecule has 0 heterocycles. The van der Waals surface area contributed by atoms with Crippen molar-refractivity contribution in [2.75, 3.05) is 6.61 Å². The molecule has 1 amide bonds. The Balaban J connectivity index is 1.71. The van der Waals surface area contributed by atoms with E-state index in [1.165, 1.54) is 5.56 Å². The standard InChI is InChI=1S/C22H29NO2/c1-3-4-16-25-21-14-12-20(13-15-21)17-22(24)23-18(2)10-11-19-8-6-5-7-9-19/h5-9,12-15,18H,3-4,10-11,16-17H2,1-2H3,(H,23,24). The number of benzene rings is 2. The molecule has 3 nitrogen and oxygen atoms in total. The van der Waals surface area contributed by atoms with Crippen molar-refractivity contribution in [1.82, 2.24) is 5.32 Å². The number of carbonyl (C=O) groups is 1. The van der Waals surface area contributed by atoms with Crippen molar-refractivity contribution >= 4 is 5.91 Å². The van der Waals surface area contributed by atoms with Gasteiger partial charge in [0.15, 0.2) is 0 Å². The van der Waals surface area contributed by atoms with Gasteiger partial charge < -0.3 is 10.1 Å². The summed E-state index contributed by atoms with van der Waals surface area (Å²) in [6.07, 6.45) is 4.52. The van der Waals surface area contributed by atoms with Crippen LogP contribution in [0.5, 0.6) is 5.75 Å². The molecule has 2 rings (SSSR count). The van der Waals surface area contributed by atoms with E-state index < -0.39 is 0 Å². The largest absolute Gasteiger partial charge is 0.494 e. The molecule has 1 N–H and O–H groups in total. The fourth-order valence-electron chi connectivity index (χ4n) is 2.65. The lowest BCUT2D eigenvalue weighted by Crippen LogP contribution is -2.34. The first-order valence-corrected chi connectivity index (χ1v) is 9.22. The minimum absolute atomic E-state index is 0.0696. The first kappa shape index (κ1) is 19.0. The lowest BCUT2D eigenvalue weighted by Gasteiger charge is -2.14. The second kappa shape index (κ2) is 10.5. The van der Waals surface area contributed by atoms with E-state index >= 15 is 0 Å². The molecule has 134 valence electrons. The molecule has 2 aromatic rings. The van der Waals surface area contributed by atoms with Crippen LogP contribution in [0.15, 0.2) is 54.6 Å². The predicted octanol–water partition coefficient (Wildman–Crippen LogP) is 4.55. The van der Waals surface area contributed by atoms with E-state index in [0.29, 0.717) is 6.42 Å². The van der Waals surface area contributed by atoms with Gasteiger partial charge in [-0.3, -0.25) is 4.79 Å². The molecule has 0 spiro atoms. The van der Waals surface area contributed by atoms with Crippen LogP contribution in [0.2, 0.25) is 0 Å². The summed E-state index contributed by atoms with van der Waals surface area (Å²) >= 11 is 0. The number of nitrogens with one attached hydrogen (secondary N) is 1. The molecule has 3 heteroatoms. The third-order valence-corrected chi connectivity index (χ3v) is 4.17. The van der Waals surface area contributed by atoms with Gasteiger partial charge in [0.1, 0.15) is 5.75 Å². The highest BCUT2D eigenvalue weighted by Crippen LogP contribution is 2.13. The van der Waals surface area contributed by atoms with Gasteiger partial charge in [0.05, 0.1) is 13.0 Å². The van der Waals surface area contributed by atoms with Crippen molar-refractivity contribution in [3.05, 3.63) is 65.7 Å². The monoisotopic (exact) mass is 339 g/mol. The molecule has 1 atom stereocenters. The smallest absolute Gasteiger partial charge is 0.224 e. The van der Waals surface area contributed by atoms with E-state index in [0.717, 1.165) is 43.6 Å². The summed E-state index contributed by atoms with van der Waals surface area (Å²) < 4.78 is 5.64. The van der Waals surface area contributed by atoms with Crippen molar-refractivity contribution in [1.29, 1.82) is 0 Å². The molecule has 0 aliphatic rings. The Morgan fingerprint density at radius 2 is 1.76 bits per heavy atom. The predicted molar refractivity (Wildman–Crippen MR) is 103 cm³/mol. The summed E-state index contributed by atoms with van der Waals surface area (Å²) in [5, 5.41) is 3.08. The zero-order chi connectivity index (χ0) is 17.9. The summed E-state index contributed by atoms with van der Waals surface area (Å²) in [5.74, 6) is 0.939. The van der Waals surface area contributed by atoms with Gasteiger partial charge in [0, 0.05) is 6.04 Å². The van der Waals surface area contributed by atoms with Crippen molar-refractivity contribution in [2.24, 2.45) is 0 Å². The van der Waals surface area contributed by atoms with Crippen molar-refractivity contribution in [2.45, 2.75) is 52.0 Å². The topological polar surface area (TPSA) is 38.3 Å². The van der Waals surface area contributed by atoms with Gasteiger partial charge in [-0.05, 0) is 49.4 Å². The van der Waals surface area contributed by atoms with Crippen LogP contribution in [0, 0.1) is 0 Å². The van der Waals surface area contributed by atoms with Crippen LogP contribution in [0.1, 0.15) is 44.2 Å². The molecule has 25 heavy (non-hydrogen) atoms. The third kappa shape index (κ3) is 7.42. The Morgan fingerprint density at radius 1 is 1.04 bits per heavy atom. The number of unbranched alkanes of at least 4 members (excludes halogenated alkanes) is 1. The molecular formula is C22H29NO2. The van der Waals surface area contributed by atoms with E-state index in [-0.39, 0.29) is 11.9 Å². The summed E-state index contributed by atoms with van der Waals surface area (Å²) in [6, 6.07) is 18.4. The average Bonchev–Trinajstić information content (AvgIpc) is 2.62. The Kier molecular flexibility index (Phi) is 8.03. The van der Waals surface area contributed by atoms with Crippen LogP contribution in [0.25, 0.3) is 0 Å². The van der Waals surface area contributed by atoms with Crippen LogP contribution < -0.4 is 10.1 Å². The number of carbonyl (C=O) groups excluding carboxylic acids is 1. The fourth-order valence-corrected chi connectivity index (χ4v) is 2.65. The van der Waals surface area contributed by atoms with E-state index in [2.05, 4.69) is 31.3 Å². The lowest BCUT2D eigenvalue weighted by atomic mass is 10.1. The highest BCUT2D eigenvalue weighted by atomic mass is 16.5. The van der Waals surface area contributed by atoms with E-state index in [9.17, 15) is 4.79 Å². The maximum Gasteiger partial charge on any atom is 0.224 e. The van der Waals surface area contributed by atoms with E-state index in [1.807, 2.05) is 42.5 Å². The number of ether oxygens (including phenoxy) is 1. The second-order valence-corrected chi connectivity index (χ2v) is 6.52. The molecule has 0 saturated heterocycles. The maximum atomic E-state index is 12.2. The van der Waals surface area contributed by atoms with Gasteiger partial charge in [0.25, 0.3) is 0 Å². The van der Waals surface area contributed by atoms with Crippen molar-refractivity contribution < 1.29 is 9.53 Å². The quantitative estimate of drug-likeness (QED) is 0.645. The maximum absolute atomic E-state index is 12.2. The van der Waals surface area contributed by atoms with Crippen LogP contribution in [-0.2, 0) is 17.6 Å². The SMILES string of the molecule is CCCCOc1ccc(CC(=O)NC(C)CCc2ccccc2)cc1. The Hall–Kier alpha value is -2.29. The van der Waals surface area contributed by atoms with Gasteiger partial charge in [-0.2, -0.15) is 0 Å². The van der Waals surface area contributed by atoms with Crippen LogP contribution in [-0.4, -0.2) is 18.6 Å². The van der Waals surface area contributed by atoms with Crippen molar-refractivity contribution in [3.8, 4) is 5.75 Å². The van der Waals surface area contributed by atoms with E-state index in [4.69, 9.17) is 4.74 Å². The van der Waals surface area contributed by atoms with Gasteiger partial charge in [0.2, 0.25) is 5.91 Å².